The molecule has 1 aromatic heterocycles. The Morgan fingerprint density at radius 3 is 2.38 bits per heavy atom. The zero-order chi connectivity index (χ0) is 21.1. The molecule has 0 saturated carbocycles. The van der Waals surface area contributed by atoms with Crippen molar-refractivity contribution in [3.05, 3.63) is 30.0 Å². The minimum absolute atomic E-state index is 0.0329. The molecule has 1 N–H and O–H groups in total. The fraction of sp³-hybridized carbons (Fsp3) is 0.640. The monoisotopic (exact) mass is 402 g/mol. The largest absolute Gasteiger partial charge is 0.490 e. The predicted molar refractivity (Wildman–Crippen MR) is 119 cm³/mol. The second-order valence-electron chi connectivity index (χ2n) is 8.17. The number of carbonyl (C=O) groups is 1. The van der Waals surface area contributed by atoms with E-state index in [-0.39, 0.29) is 11.9 Å². The Kier molecular flexibility index (Phi) is 10.1. The van der Waals surface area contributed by atoms with E-state index in [1.807, 2.05) is 12.1 Å². The van der Waals surface area contributed by atoms with Gasteiger partial charge in [0.05, 0.1) is 6.10 Å². The molecule has 0 aliphatic rings. The quantitative estimate of drug-likeness (QED) is 0.308. The first-order valence-corrected chi connectivity index (χ1v) is 11.5. The number of aromatic carboxylic acids is 1. The minimum atomic E-state index is -1.05. The van der Waals surface area contributed by atoms with Crippen molar-refractivity contribution in [3.8, 4) is 5.75 Å². The molecule has 2 aromatic rings. The molecule has 1 heterocycles. The zero-order valence-corrected chi connectivity index (χ0v) is 18.4. The van der Waals surface area contributed by atoms with Crippen LogP contribution in [0.2, 0.25) is 0 Å². The van der Waals surface area contributed by atoms with E-state index in [9.17, 15) is 4.79 Å². The molecule has 29 heavy (non-hydrogen) atoms. The topological polar surface area (TPSA) is 59.7 Å². The zero-order valence-electron chi connectivity index (χ0n) is 18.4. The summed E-state index contributed by atoms with van der Waals surface area (Å²) in [5, 5.41) is 9.89. The van der Waals surface area contributed by atoms with Gasteiger partial charge in [0.2, 0.25) is 5.76 Å². The Balaban J connectivity index is 1.98. The van der Waals surface area contributed by atoms with E-state index < -0.39 is 5.97 Å². The maximum atomic E-state index is 11.1. The van der Waals surface area contributed by atoms with E-state index in [0.717, 1.165) is 29.9 Å². The Hall–Kier alpha value is -1.97. The molecular formula is C25H38O4. The summed E-state index contributed by atoms with van der Waals surface area (Å²) >= 11 is 0. The molecule has 2 rings (SSSR count). The lowest BCUT2D eigenvalue weighted by Gasteiger charge is -2.22. The molecule has 0 bridgehead atoms. The van der Waals surface area contributed by atoms with Crippen LogP contribution in [0.15, 0.2) is 28.7 Å². The van der Waals surface area contributed by atoms with Gasteiger partial charge in [-0.25, -0.2) is 4.79 Å². The van der Waals surface area contributed by atoms with Gasteiger partial charge in [0.15, 0.2) is 0 Å². The van der Waals surface area contributed by atoms with Gasteiger partial charge in [-0.2, -0.15) is 0 Å². The molecular weight excluding hydrogens is 364 g/mol. The van der Waals surface area contributed by atoms with E-state index in [0.29, 0.717) is 5.58 Å². The van der Waals surface area contributed by atoms with Crippen molar-refractivity contribution in [2.75, 3.05) is 0 Å². The van der Waals surface area contributed by atoms with Gasteiger partial charge in [0.1, 0.15) is 11.3 Å². The summed E-state index contributed by atoms with van der Waals surface area (Å²) in [4.78, 5) is 11.1. The van der Waals surface area contributed by atoms with Crippen LogP contribution in [-0.2, 0) is 0 Å². The van der Waals surface area contributed by atoms with Crippen LogP contribution >= 0.6 is 0 Å². The molecule has 0 amide bonds. The van der Waals surface area contributed by atoms with Gasteiger partial charge < -0.3 is 14.3 Å². The summed E-state index contributed by atoms with van der Waals surface area (Å²) in [5.74, 6) is 0.486. The predicted octanol–water partition coefficient (Wildman–Crippen LogP) is 7.85. The van der Waals surface area contributed by atoms with Gasteiger partial charge in [0, 0.05) is 5.39 Å². The highest BCUT2D eigenvalue weighted by molar-refractivity contribution is 5.91. The number of unbranched alkanes of at least 4 members (excludes halogenated alkanes) is 5. The number of benzene rings is 1. The fourth-order valence-corrected chi connectivity index (χ4v) is 3.93. The van der Waals surface area contributed by atoms with Gasteiger partial charge in [0.25, 0.3) is 0 Å². The number of ether oxygens (including phenoxy) is 1. The molecule has 0 saturated heterocycles. The standard InChI is InChI=1S/C25H38O4/c1-4-7-8-9-10-11-12-21(14-13-19(5-2)6-3)28-22-15-16-23-20(17-22)18-24(29-23)25(26)27/h15-19,21H,4-14H2,1-3H3,(H,26,27). The molecule has 0 aliphatic carbocycles. The number of carboxylic acid groups (broad SMARTS) is 1. The molecule has 4 heteroatoms. The van der Waals surface area contributed by atoms with Crippen molar-refractivity contribution in [2.45, 2.75) is 97.5 Å². The van der Waals surface area contributed by atoms with Crippen LogP contribution < -0.4 is 4.74 Å². The van der Waals surface area contributed by atoms with Gasteiger partial charge in [-0.15, -0.1) is 0 Å². The van der Waals surface area contributed by atoms with Crippen molar-refractivity contribution in [1.29, 1.82) is 0 Å². The summed E-state index contributed by atoms with van der Waals surface area (Å²) in [6.45, 7) is 6.78. The first kappa shape index (κ1) is 23.3. The minimum Gasteiger partial charge on any atom is -0.490 e. The summed E-state index contributed by atoms with van der Waals surface area (Å²) < 4.78 is 11.7. The second kappa shape index (κ2) is 12.6. The highest BCUT2D eigenvalue weighted by Crippen LogP contribution is 2.27. The van der Waals surface area contributed by atoms with Gasteiger partial charge >= 0.3 is 5.97 Å². The van der Waals surface area contributed by atoms with E-state index in [2.05, 4.69) is 20.8 Å². The number of furan rings is 1. The van der Waals surface area contributed by atoms with Gasteiger partial charge in [-0.05, 0) is 55.9 Å². The molecule has 4 nitrogen and oxygen atoms in total. The van der Waals surface area contributed by atoms with Crippen LogP contribution in [0, 0.1) is 5.92 Å². The normalized spacial score (nSPS) is 12.6. The van der Waals surface area contributed by atoms with Crippen molar-refractivity contribution in [2.24, 2.45) is 5.92 Å². The van der Waals surface area contributed by atoms with Crippen molar-refractivity contribution >= 4 is 16.9 Å². The number of hydrogen-bond donors (Lipinski definition) is 1. The molecule has 162 valence electrons. The third kappa shape index (κ3) is 7.75. The smallest absolute Gasteiger partial charge is 0.371 e. The molecule has 1 aromatic carbocycles. The lowest BCUT2D eigenvalue weighted by Crippen LogP contribution is -2.18. The lowest BCUT2D eigenvalue weighted by molar-refractivity contribution is 0.0665. The molecule has 0 spiro atoms. The molecule has 0 aliphatic heterocycles. The first-order valence-electron chi connectivity index (χ1n) is 11.5. The van der Waals surface area contributed by atoms with Gasteiger partial charge in [-0.1, -0.05) is 65.7 Å². The highest BCUT2D eigenvalue weighted by Gasteiger charge is 2.15. The lowest BCUT2D eigenvalue weighted by atomic mass is 9.94. The van der Waals surface area contributed by atoms with Crippen LogP contribution in [0.1, 0.15) is 102 Å². The number of hydrogen-bond acceptors (Lipinski definition) is 3. The van der Waals surface area contributed by atoms with E-state index >= 15 is 0 Å². The Labute approximate surface area is 175 Å². The molecule has 0 fully saturated rings. The maximum Gasteiger partial charge on any atom is 0.371 e. The van der Waals surface area contributed by atoms with Crippen LogP contribution in [0.5, 0.6) is 5.75 Å². The molecule has 1 atom stereocenters. The van der Waals surface area contributed by atoms with Crippen molar-refractivity contribution in [3.63, 3.8) is 0 Å². The molecule has 1 unspecified atom stereocenters. The van der Waals surface area contributed by atoms with Crippen LogP contribution in [-0.4, -0.2) is 17.2 Å². The molecule has 0 radical (unpaired) electrons. The van der Waals surface area contributed by atoms with Gasteiger partial charge in [-0.3, -0.25) is 0 Å². The SMILES string of the molecule is CCCCCCCCC(CCC(CC)CC)Oc1ccc2oc(C(=O)O)cc2c1. The average molecular weight is 403 g/mol. The van der Waals surface area contributed by atoms with Crippen LogP contribution in [0.4, 0.5) is 0 Å². The summed E-state index contributed by atoms with van der Waals surface area (Å²) in [5.41, 5.74) is 0.583. The second-order valence-corrected chi connectivity index (χ2v) is 8.17. The van der Waals surface area contributed by atoms with E-state index in [1.165, 1.54) is 57.8 Å². The number of carboxylic acids is 1. The summed E-state index contributed by atoms with van der Waals surface area (Å²) in [6, 6.07) is 7.16. The Bertz CT molecular complexity index is 729. The number of fused-ring (bicyclic) bond motifs is 1. The summed E-state index contributed by atoms with van der Waals surface area (Å²) in [7, 11) is 0. The third-order valence-corrected chi connectivity index (χ3v) is 5.93. The van der Waals surface area contributed by atoms with E-state index in [4.69, 9.17) is 14.3 Å². The Morgan fingerprint density at radius 2 is 1.69 bits per heavy atom. The Morgan fingerprint density at radius 1 is 0.966 bits per heavy atom. The van der Waals surface area contributed by atoms with Crippen molar-refractivity contribution in [1.82, 2.24) is 0 Å². The number of rotatable bonds is 15. The van der Waals surface area contributed by atoms with Crippen molar-refractivity contribution < 1.29 is 19.1 Å². The first-order chi connectivity index (χ1) is 14.1. The van der Waals surface area contributed by atoms with Crippen LogP contribution in [0.25, 0.3) is 11.0 Å². The van der Waals surface area contributed by atoms with E-state index in [1.54, 1.807) is 12.1 Å². The summed E-state index contributed by atoms with van der Waals surface area (Å²) in [6.07, 6.45) is 13.7. The fourth-order valence-electron chi connectivity index (χ4n) is 3.93. The average Bonchev–Trinajstić information content (AvgIpc) is 3.15. The highest BCUT2D eigenvalue weighted by atomic mass is 16.5. The third-order valence-electron chi connectivity index (χ3n) is 5.93. The maximum absolute atomic E-state index is 11.1. The van der Waals surface area contributed by atoms with Crippen LogP contribution in [0.3, 0.4) is 0 Å².